The maximum atomic E-state index is 12.3. The van der Waals surface area contributed by atoms with Crippen molar-refractivity contribution in [2.45, 2.75) is 19.3 Å². The quantitative estimate of drug-likeness (QED) is 0.562. The Balaban J connectivity index is 0.000000383. The first kappa shape index (κ1) is 19.5. The van der Waals surface area contributed by atoms with E-state index in [1.807, 2.05) is 53.4 Å². The molecule has 3 aromatic heterocycles. The lowest BCUT2D eigenvalue weighted by Gasteiger charge is -2.12. The van der Waals surface area contributed by atoms with E-state index in [4.69, 9.17) is 4.42 Å². The van der Waals surface area contributed by atoms with Gasteiger partial charge in [0.2, 0.25) is 5.89 Å². The van der Waals surface area contributed by atoms with Crippen LogP contribution in [0.1, 0.15) is 34.9 Å². The number of aromatic amines is 1. The van der Waals surface area contributed by atoms with Crippen molar-refractivity contribution in [3.63, 3.8) is 0 Å². The van der Waals surface area contributed by atoms with Gasteiger partial charge in [-0.1, -0.05) is 30.3 Å². The molecule has 8 heteroatoms. The lowest BCUT2D eigenvalue weighted by atomic mass is 10.1. The minimum atomic E-state index is -0.0574. The van der Waals surface area contributed by atoms with Crippen molar-refractivity contribution in [1.82, 2.24) is 30.3 Å². The standard InChI is InChI=1S/C19H18N4O2.C3H4N2/c24-19(23-10-4-5-11-23)17-13-25-18(20-17)12-15-8-9-16(22-21-15)14-6-2-1-3-7-14;1-2-4-5-3-1/h1-3,6-9,13H,4-5,10-12H2;1-3H,(H,4,5). The van der Waals surface area contributed by atoms with Crippen LogP contribution in [-0.2, 0) is 6.42 Å². The molecule has 1 aliphatic heterocycles. The van der Waals surface area contributed by atoms with Crippen molar-refractivity contribution in [1.29, 1.82) is 0 Å². The van der Waals surface area contributed by atoms with Gasteiger partial charge in [-0.2, -0.15) is 15.3 Å². The van der Waals surface area contributed by atoms with Crippen molar-refractivity contribution < 1.29 is 9.21 Å². The highest BCUT2D eigenvalue weighted by Gasteiger charge is 2.22. The Hall–Kier alpha value is -3.81. The van der Waals surface area contributed by atoms with Gasteiger partial charge >= 0.3 is 0 Å². The topological polar surface area (TPSA) is 101 Å². The number of H-pyrrole nitrogens is 1. The second-order valence-corrected chi connectivity index (χ2v) is 6.84. The summed E-state index contributed by atoms with van der Waals surface area (Å²) in [5.41, 5.74) is 2.96. The number of oxazole rings is 1. The number of hydrogen-bond donors (Lipinski definition) is 1. The molecule has 1 amide bonds. The van der Waals surface area contributed by atoms with Crippen molar-refractivity contribution in [2.75, 3.05) is 13.1 Å². The van der Waals surface area contributed by atoms with E-state index in [0.717, 1.165) is 42.9 Å². The third-order valence-corrected chi connectivity index (χ3v) is 4.69. The van der Waals surface area contributed by atoms with Gasteiger partial charge in [0.15, 0.2) is 5.69 Å². The molecule has 0 atom stereocenters. The van der Waals surface area contributed by atoms with Crippen LogP contribution in [0.4, 0.5) is 0 Å². The number of rotatable bonds is 4. The fourth-order valence-electron chi connectivity index (χ4n) is 3.16. The molecule has 30 heavy (non-hydrogen) atoms. The second kappa shape index (κ2) is 9.60. The molecule has 0 unspecified atom stereocenters. The molecule has 1 N–H and O–H groups in total. The highest BCUT2D eigenvalue weighted by molar-refractivity contribution is 5.92. The normalized spacial score (nSPS) is 13.0. The van der Waals surface area contributed by atoms with E-state index < -0.39 is 0 Å². The third kappa shape index (κ3) is 4.96. The summed E-state index contributed by atoms with van der Waals surface area (Å²) in [4.78, 5) is 18.4. The zero-order chi connectivity index (χ0) is 20.6. The number of benzene rings is 1. The number of nitrogens with one attached hydrogen (secondary N) is 1. The number of aromatic nitrogens is 5. The minimum Gasteiger partial charge on any atom is -0.448 e. The summed E-state index contributed by atoms with van der Waals surface area (Å²) < 4.78 is 5.44. The van der Waals surface area contributed by atoms with Crippen molar-refractivity contribution in [3.8, 4) is 11.3 Å². The highest BCUT2D eigenvalue weighted by Crippen LogP contribution is 2.17. The van der Waals surface area contributed by atoms with Crippen LogP contribution in [0.3, 0.4) is 0 Å². The number of likely N-dealkylation sites (tertiary alicyclic amines) is 1. The maximum Gasteiger partial charge on any atom is 0.275 e. The van der Waals surface area contributed by atoms with Crippen LogP contribution >= 0.6 is 0 Å². The number of hydrogen-bond acceptors (Lipinski definition) is 6. The summed E-state index contributed by atoms with van der Waals surface area (Å²) in [6.07, 6.45) is 7.41. The summed E-state index contributed by atoms with van der Waals surface area (Å²) in [6.45, 7) is 1.60. The average molecular weight is 402 g/mol. The van der Waals surface area contributed by atoms with Gasteiger partial charge in [0, 0.05) is 31.0 Å². The van der Waals surface area contributed by atoms with Gasteiger partial charge in [-0.15, -0.1) is 0 Å². The van der Waals surface area contributed by atoms with Gasteiger partial charge in [0.05, 0.1) is 17.8 Å². The number of nitrogens with zero attached hydrogens (tertiary/aromatic N) is 5. The molecular weight excluding hydrogens is 380 g/mol. The van der Waals surface area contributed by atoms with E-state index in [1.165, 1.54) is 6.26 Å². The molecule has 5 rings (SSSR count). The van der Waals surface area contributed by atoms with Gasteiger partial charge < -0.3 is 9.32 Å². The zero-order valence-corrected chi connectivity index (χ0v) is 16.4. The SMILES string of the molecule is O=C(c1coc(Cc2ccc(-c3ccccc3)nn2)n1)N1CCCC1.c1cn[nH]c1. The predicted molar refractivity (Wildman–Crippen MR) is 111 cm³/mol. The molecule has 0 bridgehead atoms. The molecule has 1 fully saturated rings. The summed E-state index contributed by atoms with van der Waals surface area (Å²) in [6, 6.07) is 15.6. The zero-order valence-electron chi connectivity index (χ0n) is 16.4. The average Bonchev–Trinajstić information content (AvgIpc) is 3.59. The van der Waals surface area contributed by atoms with Crippen LogP contribution in [0.2, 0.25) is 0 Å². The third-order valence-electron chi connectivity index (χ3n) is 4.69. The Morgan fingerprint density at radius 2 is 1.87 bits per heavy atom. The lowest BCUT2D eigenvalue weighted by molar-refractivity contribution is 0.0787. The van der Waals surface area contributed by atoms with Gasteiger partial charge in [-0.05, 0) is 31.0 Å². The van der Waals surface area contributed by atoms with Crippen LogP contribution < -0.4 is 0 Å². The minimum absolute atomic E-state index is 0.0574. The van der Waals surface area contributed by atoms with Crippen LogP contribution in [0.5, 0.6) is 0 Å². The smallest absolute Gasteiger partial charge is 0.275 e. The first-order valence-electron chi connectivity index (χ1n) is 9.85. The Labute approximate surface area is 174 Å². The Kier molecular flexibility index (Phi) is 6.24. The van der Waals surface area contributed by atoms with E-state index >= 15 is 0 Å². The highest BCUT2D eigenvalue weighted by atomic mass is 16.3. The molecular formula is C22H22N6O2. The number of carbonyl (C=O) groups is 1. The molecule has 0 aliphatic carbocycles. The maximum absolute atomic E-state index is 12.3. The Morgan fingerprint density at radius 1 is 1.03 bits per heavy atom. The molecule has 0 radical (unpaired) electrons. The molecule has 0 spiro atoms. The monoisotopic (exact) mass is 402 g/mol. The number of carbonyl (C=O) groups excluding carboxylic acids is 1. The largest absolute Gasteiger partial charge is 0.448 e. The van der Waals surface area contributed by atoms with Gasteiger partial charge in [0.25, 0.3) is 5.91 Å². The molecule has 8 nitrogen and oxygen atoms in total. The van der Waals surface area contributed by atoms with E-state index in [9.17, 15) is 4.79 Å². The van der Waals surface area contributed by atoms with Crippen LogP contribution in [0, 0.1) is 0 Å². The molecule has 4 aromatic rings. The summed E-state index contributed by atoms with van der Waals surface area (Å²) in [7, 11) is 0. The fourth-order valence-corrected chi connectivity index (χ4v) is 3.16. The fraction of sp³-hybridized carbons (Fsp3) is 0.227. The van der Waals surface area contributed by atoms with E-state index in [0.29, 0.717) is 18.0 Å². The van der Waals surface area contributed by atoms with Gasteiger partial charge in [0.1, 0.15) is 6.26 Å². The first-order chi connectivity index (χ1) is 14.8. The van der Waals surface area contributed by atoms with E-state index in [-0.39, 0.29) is 5.91 Å². The lowest BCUT2D eigenvalue weighted by Crippen LogP contribution is -2.27. The first-order valence-corrected chi connectivity index (χ1v) is 9.85. The van der Waals surface area contributed by atoms with Crippen molar-refractivity contribution in [3.05, 3.63) is 84.5 Å². The summed E-state index contributed by atoms with van der Waals surface area (Å²) in [5, 5.41) is 14.7. The number of amides is 1. The molecule has 1 aromatic carbocycles. The van der Waals surface area contributed by atoms with Gasteiger partial charge in [-0.25, -0.2) is 4.98 Å². The summed E-state index contributed by atoms with van der Waals surface area (Å²) >= 11 is 0. The van der Waals surface area contributed by atoms with Crippen LogP contribution in [0.15, 0.2) is 71.6 Å². The molecule has 0 saturated carbocycles. The van der Waals surface area contributed by atoms with Gasteiger partial charge in [-0.3, -0.25) is 9.89 Å². The Morgan fingerprint density at radius 3 is 2.50 bits per heavy atom. The van der Waals surface area contributed by atoms with Crippen LogP contribution in [-0.4, -0.2) is 49.3 Å². The molecule has 1 aliphatic rings. The van der Waals surface area contributed by atoms with Crippen molar-refractivity contribution in [2.24, 2.45) is 0 Å². The molecule has 4 heterocycles. The summed E-state index contributed by atoms with van der Waals surface area (Å²) in [5.74, 6) is 0.419. The van der Waals surface area contributed by atoms with Crippen LogP contribution in [0.25, 0.3) is 11.3 Å². The predicted octanol–water partition coefficient (Wildman–Crippen LogP) is 3.37. The van der Waals surface area contributed by atoms with E-state index in [1.54, 1.807) is 12.4 Å². The second-order valence-electron chi connectivity index (χ2n) is 6.84. The van der Waals surface area contributed by atoms with Crippen molar-refractivity contribution >= 4 is 5.91 Å². The molecule has 1 saturated heterocycles. The van der Waals surface area contributed by atoms with E-state index in [2.05, 4.69) is 25.4 Å². The molecule has 152 valence electrons. The Bertz CT molecular complexity index is 1020.